The Morgan fingerprint density at radius 3 is 2.57 bits per heavy atom. The third-order valence-electron chi connectivity index (χ3n) is 3.53. The summed E-state index contributed by atoms with van der Waals surface area (Å²) >= 11 is 0. The second-order valence-electron chi connectivity index (χ2n) is 4.84. The number of ether oxygens (including phenoxy) is 2. The van der Waals surface area contributed by atoms with Crippen molar-refractivity contribution >= 4 is 11.8 Å². The molecule has 0 bridgehead atoms. The molecule has 4 heteroatoms. The molecule has 0 unspecified atom stereocenters. The van der Waals surface area contributed by atoms with Crippen LogP contribution in [0.15, 0.2) is 48.5 Å². The number of methoxy groups -OCH3 is 1. The number of hydrogen-bond donors (Lipinski definition) is 0. The van der Waals surface area contributed by atoms with Crippen molar-refractivity contribution < 1.29 is 19.1 Å². The average Bonchev–Trinajstić information content (AvgIpc) is 2.54. The largest absolute Gasteiger partial charge is 0.484 e. The standard InChI is InChI=1S/C17H14O4/c1-20-17(19)12-8-6-11(7-9-12)16-10-14(18)13-4-2-3-5-15(13)21-16/h2-9,16H,10H2,1H3/t16-/m0/s1. The molecule has 2 aromatic carbocycles. The molecule has 1 heterocycles. The SMILES string of the molecule is COC(=O)c1ccc([C@@H]2CC(=O)c3ccccc3O2)cc1. The van der Waals surface area contributed by atoms with E-state index in [9.17, 15) is 9.59 Å². The molecule has 2 aromatic rings. The number of ketones is 1. The van der Waals surface area contributed by atoms with Gasteiger partial charge < -0.3 is 9.47 Å². The Morgan fingerprint density at radius 1 is 1.14 bits per heavy atom. The van der Waals surface area contributed by atoms with E-state index in [0.29, 0.717) is 23.3 Å². The van der Waals surface area contributed by atoms with Crippen LogP contribution in [0, 0.1) is 0 Å². The quantitative estimate of drug-likeness (QED) is 0.794. The summed E-state index contributed by atoms with van der Waals surface area (Å²) in [5.74, 6) is 0.294. The van der Waals surface area contributed by atoms with Crippen LogP contribution in [0.2, 0.25) is 0 Å². The highest BCUT2D eigenvalue weighted by Crippen LogP contribution is 2.34. The Labute approximate surface area is 122 Å². The van der Waals surface area contributed by atoms with Gasteiger partial charge in [0.2, 0.25) is 0 Å². The van der Waals surface area contributed by atoms with Gasteiger partial charge in [0.1, 0.15) is 11.9 Å². The number of para-hydroxylation sites is 1. The summed E-state index contributed by atoms with van der Waals surface area (Å²) in [7, 11) is 1.34. The van der Waals surface area contributed by atoms with Gasteiger partial charge in [0.05, 0.1) is 24.7 Å². The van der Waals surface area contributed by atoms with Crippen molar-refractivity contribution in [3.05, 3.63) is 65.2 Å². The van der Waals surface area contributed by atoms with Gasteiger partial charge in [-0.15, -0.1) is 0 Å². The summed E-state index contributed by atoms with van der Waals surface area (Å²) in [5.41, 5.74) is 1.97. The highest BCUT2D eigenvalue weighted by molar-refractivity contribution is 6.00. The number of hydrogen-bond acceptors (Lipinski definition) is 4. The molecule has 4 nitrogen and oxygen atoms in total. The first-order valence-corrected chi connectivity index (χ1v) is 6.66. The van der Waals surface area contributed by atoms with Crippen LogP contribution in [0.25, 0.3) is 0 Å². The normalized spacial score (nSPS) is 16.8. The van der Waals surface area contributed by atoms with Gasteiger partial charge in [-0.3, -0.25) is 4.79 Å². The lowest BCUT2D eigenvalue weighted by Crippen LogP contribution is -2.20. The van der Waals surface area contributed by atoms with Crippen LogP contribution < -0.4 is 4.74 Å². The van der Waals surface area contributed by atoms with Crippen LogP contribution in [0.5, 0.6) is 5.75 Å². The number of fused-ring (bicyclic) bond motifs is 1. The highest BCUT2D eigenvalue weighted by atomic mass is 16.5. The molecule has 0 radical (unpaired) electrons. The first kappa shape index (κ1) is 13.4. The number of Topliss-reactive ketones (excluding diaryl/α,β-unsaturated/α-hetero) is 1. The molecule has 1 aliphatic rings. The molecule has 0 saturated carbocycles. The van der Waals surface area contributed by atoms with Crippen LogP contribution in [0.4, 0.5) is 0 Å². The van der Waals surface area contributed by atoms with E-state index in [1.54, 1.807) is 36.4 Å². The fourth-order valence-electron chi connectivity index (χ4n) is 2.41. The molecule has 0 aliphatic carbocycles. The van der Waals surface area contributed by atoms with Crippen molar-refractivity contribution in [1.82, 2.24) is 0 Å². The molecular formula is C17H14O4. The molecule has 0 saturated heterocycles. The molecule has 0 N–H and O–H groups in total. The number of rotatable bonds is 2. The molecule has 0 aromatic heterocycles. The lowest BCUT2D eigenvalue weighted by molar-refractivity contribution is 0.0600. The Kier molecular flexibility index (Phi) is 3.44. The Hall–Kier alpha value is -2.62. The van der Waals surface area contributed by atoms with E-state index in [2.05, 4.69) is 4.74 Å². The van der Waals surface area contributed by atoms with Crippen molar-refractivity contribution in [1.29, 1.82) is 0 Å². The summed E-state index contributed by atoms with van der Waals surface area (Å²) in [6, 6.07) is 14.2. The molecular weight excluding hydrogens is 268 g/mol. The van der Waals surface area contributed by atoms with E-state index < -0.39 is 0 Å². The lowest BCUT2D eigenvalue weighted by atomic mass is 9.96. The summed E-state index contributed by atoms with van der Waals surface area (Å²) in [4.78, 5) is 23.5. The maximum Gasteiger partial charge on any atom is 0.337 e. The molecule has 1 atom stereocenters. The van der Waals surface area contributed by atoms with E-state index in [-0.39, 0.29) is 17.9 Å². The minimum atomic E-state index is -0.382. The van der Waals surface area contributed by atoms with E-state index in [4.69, 9.17) is 4.74 Å². The van der Waals surface area contributed by atoms with Gasteiger partial charge in [-0.05, 0) is 29.8 Å². The molecule has 0 spiro atoms. The number of carbonyl (C=O) groups is 2. The minimum Gasteiger partial charge on any atom is -0.484 e. The van der Waals surface area contributed by atoms with Gasteiger partial charge in [0, 0.05) is 0 Å². The second kappa shape index (κ2) is 5.40. The molecule has 0 fully saturated rings. The zero-order chi connectivity index (χ0) is 14.8. The summed E-state index contributed by atoms with van der Waals surface area (Å²) in [5, 5.41) is 0. The van der Waals surface area contributed by atoms with Crippen LogP contribution in [-0.2, 0) is 4.74 Å². The first-order valence-electron chi connectivity index (χ1n) is 6.66. The van der Waals surface area contributed by atoms with Crippen LogP contribution >= 0.6 is 0 Å². The first-order chi connectivity index (χ1) is 10.2. The number of carbonyl (C=O) groups excluding carboxylic acids is 2. The lowest BCUT2D eigenvalue weighted by Gasteiger charge is -2.25. The molecule has 3 rings (SSSR count). The molecule has 21 heavy (non-hydrogen) atoms. The predicted octanol–water partition coefficient (Wildman–Crippen LogP) is 3.18. The third-order valence-corrected chi connectivity index (χ3v) is 3.53. The van der Waals surface area contributed by atoms with Crippen molar-refractivity contribution in [3.8, 4) is 5.75 Å². The fraction of sp³-hybridized carbons (Fsp3) is 0.176. The summed E-state index contributed by atoms with van der Waals surface area (Å²) < 4.78 is 10.5. The van der Waals surface area contributed by atoms with Crippen molar-refractivity contribution in [3.63, 3.8) is 0 Å². The second-order valence-corrected chi connectivity index (χ2v) is 4.84. The molecule has 0 amide bonds. The Morgan fingerprint density at radius 2 is 1.86 bits per heavy atom. The van der Waals surface area contributed by atoms with Crippen molar-refractivity contribution in [2.24, 2.45) is 0 Å². The average molecular weight is 282 g/mol. The van der Waals surface area contributed by atoms with Crippen LogP contribution in [-0.4, -0.2) is 18.9 Å². The van der Waals surface area contributed by atoms with Crippen LogP contribution in [0.1, 0.15) is 38.8 Å². The number of esters is 1. The molecule has 1 aliphatic heterocycles. The maximum absolute atomic E-state index is 12.1. The Bertz CT molecular complexity index is 688. The van der Waals surface area contributed by atoms with Crippen molar-refractivity contribution in [2.75, 3.05) is 7.11 Å². The predicted molar refractivity (Wildman–Crippen MR) is 76.5 cm³/mol. The van der Waals surface area contributed by atoms with Crippen LogP contribution in [0.3, 0.4) is 0 Å². The van der Waals surface area contributed by atoms with Gasteiger partial charge in [-0.1, -0.05) is 24.3 Å². The molecule has 106 valence electrons. The minimum absolute atomic E-state index is 0.0684. The number of benzene rings is 2. The van der Waals surface area contributed by atoms with Gasteiger partial charge >= 0.3 is 5.97 Å². The van der Waals surface area contributed by atoms with E-state index in [1.807, 2.05) is 12.1 Å². The van der Waals surface area contributed by atoms with E-state index >= 15 is 0 Å². The maximum atomic E-state index is 12.1. The van der Waals surface area contributed by atoms with E-state index in [1.165, 1.54) is 7.11 Å². The van der Waals surface area contributed by atoms with Gasteiger partial charge in [-0.25, -0.2) is 4.79 Å². The monoisotopic (exact) mass is 282 g/mol. The Balaban J connectivity index is 1.86. The summed E-state index contributed by atoms with van der Waals surface area (Å²) in [6.45, 7) is 0. The summed E-state index contributed by atoms with van der Waals surface area (Å²) in [6.07, 6.45) is -0.0201. The van der Waals surface area contributed by atoms with Gasteiger partial charge in [0.25, 0.3) is 0 Å². The zero-order valence-corrected chi connectivity index (χ0v) is 11.5. The highest BCUT2D eigenvalue weighted by Gasteiger charge is 2.27. The topological polar surface area (TPSA) is 52.6 Å². The van der Waals surface area contributed by atoms with E-state index in [0.717, 1.165) is 5.56 Å². The van der Waals surface area contributed by atoms with Crippen molar-refractivity contribution in [2.45, 2.75) is 12.5 Å². The third kappa shape index (κ3) is 2.52. The smallest absolute Gasteiger partial charge is 0.337 e. The zero-order valence-electron chi connectivity index (χ0n) is 11.5. The van der Waals surface area contributed by atoms with Gasteiger partial charge in [0.15, 0.2) is 5.78 Å². The fourth-order valence-corrected chi connectivity index (χ4v) is 2.41. The van der Waals surface area contributed by atoms with Gasteiger partial charge in [-0.2, -0.15) is 0 Å².